The van der Waals surface area contributed by atoms with Crippen molar-refractivity contribution < 1.29 is 4.92 Å². The molecule has 1 aromatic rings. The standard InChI is InChI=1S/C13H17BrN2O2/c1-13(6-2-3-7-13)15-9-10-8-11(14)4-5-12(10)16(17)18/h4-5,8,15H,2-3,6-7,9H2,1H3. The third-order valence-corrected chi connectivity index (χ3v) is 4.14. The second-order valence-electron chi connectivity index (χ2n) is 5.15. The van der Waals surface area contributed by atoms with Gasteiger partial charge >= 0.3 is 0 Å². The van der Waals surface area contributed by atoms with Crippen molar-refractivity contribution in [1.29, 1.82) is 0 Å². The van der Waals surface area contributed by atoms with Crippen LogP contribution in [0.25, 0.3) is 0 Å². The molecule has 0 bridgehead atoms. The average Bonchev–Trinajstić information content (AvgIpc) is 2.74. The maximum Gasteiger partial charge on any atom is 0.273 e. The molecular weight excluding hydrogens is 296 g/mol. The smallest absolute Gasteiger partial charge is 0.273 e. The SMILES string of the molecule is CC1(NCc2cc(Br)ccc2[N+](=O)[O-])CCCC1. The molecule has 0 aliphatic heterocycles. The Balaban J connectivity index is 2.12. The van der Waals surface area contributed by atoms with Gasteiger partial charge in [-0.25, -0.2) is 0 Å². The summed E-state index contributed by atoms with van der Waals surface area (Å²) in [5.41, 5.74) is 1.06. The Bertz CT molecular complexity index is 456. The van der Waals surface area contributed by atoms with Gasteiger partial charge in [-0.3, -0.25) is 10.1 Å². The van der Waals surface area contributed by atoms with Crippen LogP contribution in [0.4, 0.5) is 5.69 Å². The van der Waals surface area contributed by atoms with Gasteiger partial charge in [0.2, 0.25) is 0 Å². The van der Waals surface area contributed by atoms with Crippen LogP contribution in [0.5, 0.6) is 0 Å². The topological polar surface area (TPSA) is 55.2 Å². The van der Waals surface area contributed by atoms with Gasteiger partial charge < -0.3 is 5.32 Å². The lowest BCUT2D eigenvalue weighted by Gasteiger charge is -2.25. The molecule has 1 aliphatic rings. The number of rotatable bonds is 4. The van der Waals surface area contributed by atoms with Crippen molar-refractivity contribution in [3.63, 3.8) is 0 Å². The zero-order valence-electron chi connectivity index (χ0n) is 10.4. The molecule has 1 N–H and O–H groups in total. The molecule has 0 heterocycles. The van der Waals surface area contributed by atoms with Crippen molar-refractivity contribution in [2.45, 2.75) is 44.7 Å². The van der Waals surface area contributed by atoms with E-state index in [9.17, 15) is 10.1 Å². The number of benzene rings is 1. The fourth-order valence-electron chi connectivity index (χ4n) is 2.51. The van der Waals surface area contributed by atoms with Gasteiger partial charge in [-0.15, -0.1) is 0 Å². The van der Waals surface area contributed by atoms with Gasteiger partial charge in [-0.05, 0) is 31.9 Å². The average molecular weight is 313 g/mol. The number of nitro benzene ring substituents is 1. The molecule has 2 rings (SSSR count). The van der Waals surface area contributed by atoms with Crippen molar-refractivity contribution in [2.75, 3.05) is 0 Å². The number of hydrogen-bond acceptors (Lipinski definition) is 3. The van der Waals surface area contributed by atoms with E-state index in [0.717, 1.165) is 22.9 Å². The van der Waals surface area contributed by atoms with Gasteiger partial charge in [0, 0.05) is 28.2 Å². The first-order valence-electron chi connectivity index (χ1n) is 6.18. The Morgan fingerprint density at radius 1 is 1.44 bits per heavy atom. The number of hydrogen-bond donors (Lipinski definition) is 1. The zero-order chi connectivity index (χ0) is 13.2. The van der Waals surface area contributed by atoms with Crippen LogP contribution >= 0.6 is 15.9 Å². The second kappa shape index (κ2) is 5.36. The van der Waals surface area contributed by atoms with Crippen LogP contribution in [0.15, 0.2) is 22.7 Å². The Labute approximate surface area is 115 Å². The molecule has 18 heavy (non-hydrogen) atoms. The lowest BCUT2D eigenvalue weighted by molar-refractivity contribution is -0.385. The van der Waals surface area contributed by atoms with Gasteiger partial charge in [0.25, 0.3) is 5.69 Å². The molecule has 98 valence electrons. The summed E-state index contributed by atoms with van der Waals surface area (Å²) in [4.78, 5) is 10.7. The van der Waals surface area contributed by atoms with Crippen LogP contribution in [0, 0.1) is 10.1 Å². The van der Waals surface area contributed by atoms with Crippen molar-refractivity contribution in [1.82, 2.24) is 5.32 Å². The third kappa shape index (κ3) is 3.09. The van der Waals surface area contributed by atoms with Crippen LogP contribution in [0.1, 0.15) is 38.2 Å². The minimum Gasteiger partial charge on any atom is -0.307 e. The number of halogens is 1. The molecule has 4 nitrogen and oxygen atoms in total. The molecule has 0 radical (unpaired) electrons. The summed E-state index contributed by atoms with van der Waals surface area (Å²) >= 11 is 3.36. The van der Waals surface area contributed by atoms with Crippen molar-refractivity contribution >= 4 is 21.6 Å². The summed E-state index contributed by atoms with van der Waals surface area (Å²) in [6.45, 7) is 2.75. The zero-order valence-corrected chi connectivity index (χ0v) is 12.0. The molecule has 1 fully saturated rings. The molecule has 1 saturated carbocycles. The minimum atomic E-state index is -0.319. The number of nitro groups is 1. The molecule has 1 aliphatic carbocycles. The lowest BCUT2D eigenvalue weighted by Crippen LogP contribution is -2.38. The van der Waals surface area contributed by atoms with Crippen LogP contribution < -0.4 is 5.32 Å². The van der Waals surface area contributed by atoms with E-state index in [1.165, 1.54) is 12.8 Å². The molecule has 1 aromatic carbocycles. The molecule has 5 heteroatoms. The van der Waals surface area contributed by atoms with Gasteiger partial charge in [0.05, 0.1) is 4.92 Å². The highest BCUT2D eigenvalue weighted by Crippen LogP contribution is 2.30. The first-order valence-corrected chi connectivity index (χ1v) is 6.97. The summed E-state index contributed by atoms with van der Waals surface area (Å²) in [7, 11) is 0. The second-order valence-corrected chi connectivity index (χ2v) is 6.07. The third-order valence-electron chi connectivity index (χ3n) is 3.65. The van der Waals surface area contributed by atoms with Crippen LogP contribution in [-0.2, 0) is 6.54 Å². The van der Waals surface area contributed by atoms with Gasteiger partial charge in [0.1, 0.15) is 0 Å². The summed E-state index contributed by atoms with van der Waals surface area (Å²) in [6.07, 6.45) is 4.78. The molecule has 0 atom stereocenters. The van der Waals surface area contributed by atoms with Crippen LogP contribution in [0.2, 0.25) is 0 Å². The van der Waals surface area contributed by atoms with E-state index in [1.807, 2.05) is 6.07 Å². The Kier molecular flexibility index (Phi) is 4.02. The van der Waals surface area contributed by atoms with Crippen molar-refractivity contribution in [3.8, 4) is 0 Å². The molecule has 0 amide bonds. The normalized spacial score (nSPS) is 17.9. The largest absolute Gasteiger partial charge is 0.307 e. The summed E-state index contributed by atoms with van der Waals surface area (Å²) in [6, 6.07) is 5.08. The Morgan fingerprint density at radius 2 is 2.11 bits per heavy atom. The maximum absolute atomic E-state index is 11.0. The monoisotopic (exact) mass is 312 g/mol. The first kappa shape index (κ1) is 13.5. The summed E-state index contributed by atoms with van der Waals surface area (Å²) in [5.74, 6) is 0. The summed E-state index contributed by atoms with van der Waals surface area (Å²) in [5, 5.41) is 14.4. The first-order chi connectivity index (χ1) is 8.50. The maximum atomic E-state index is 11.0. The Hall–Kier alpha value is -0.940. The fourth-order valence-corrected chi connectivity index (χ4v) is 2.92. The predicted molar refractivity (Wildman–Crippen MR) is 74.5 cm³/mol. The highest BCUT2D eigenvalue weighted by atomic mass is 79.9. The van der Waals surface area contributed by atoms with E-state index >= 15 is 0 Å². The molecule has 0 aromatic heterocycles. The molecule has 0 spiro atoms. The Morgan fingerprint density at radius 3 is 2.72 bits per heavy atom. The van der Waals surface area contributed by atoms with Gasteiger partial charge in [0.15, 0.2) is 0 Å². The predicted octanol–water partition coefficient (Wildman–Crippen LogP) is 3.78. The van der Waals surface area contributed by atoms with Gasteiger partial charge in [-0.2, -0.15) is 0 Å². The fraction of sp³-hybridized carbons (Fsp3) is 0.538. The minimum absolute atomic E-state index is 0.135. The quantitative estimate of drug-likeness (QED) is 0.680. The summed E-state index contributed by atoms with van der Waals surface area (Å²) < 4.78 is 0.876. The van der Waals surface area contributed by atoms with Crippen molar-refractivity contribution in [2.24, 2.45) is 0 Å². The van der Waals surface area contributed by atoms with Gasteiger partial charge in [-0.1, -0.05) is 28.8 Å². The van der Waals surface area contributed by atoms with Crippen LogP contribution in [0.3, 0.4) is 0 Å². The molecular formula is C13H17BrN2O2. The lowest BCUT2D eigenvalue weighted by atomic mass is 10.00. The van der Waals surface area contributed by atoms with Crippen LogP contribution in [-0.4, -0.2) is 10.5 Å². The van der Waals surface area contributed by atoms with E-state index in [2.05, 4.69) is 28.2 Å². The van der Waals surface area contributed by atoms with E-state index in [0.29, 0.717) is 6.54 Å². The molecule has 0 unspecified atom stereocenters. The van der Waals surface area contributed by atoms with E-state index < -0.39 is 0 Å². The molecule has 0 saturated heterocycles. The van der Waals surface area contributed by atoms with E-state index in [-0.39, 0.29) is 16.1 Å². The number of nitrogens with zero attached hydrogens (tertiary/aromatic N) is 1. The van der Waals surface area contributed by atoms with E-state index in [4.69, 9.17) is 0 Å². The van der Waals surface area contributed by atoms with Crippen molar-refractivity contribution in [3.05, 3.63) is 38.3 Å². The van der Waals surface area contributed by atoms with E-state index in [1.54, 1.807) is 12.1 Å². The highest BCUT2D eigenvalue weighted by molar-refractivity contribution is 9.10. The number of nitrogens with one attached hydrogen (secondary N) is 1. The highest BCUT2D eigenvalue weighted by Gasteiger charge is 2.28.